The van der Waals surface area contributed by atoms with Crippen molar-refractivity contribution in [3.8, 4) is 5.88 Å². The molecule has 0 saturated heterocycles. The highest BCUT2D eigenvalue weighted by molar-refractivity contribution is 5.96. The minimum absolute atomic E-state index is 0.158. The van der Waals surface area contributed by atoms with E-state index in [1.165, 1.54) is 6.07 Å². The van der Waals surface area contributed by atoms with Crippen LogP contribution in [0.15, 0.2) is 24.3 Å². The van der Waals surface area contributed by atoms with Gasteiger partial charge in [-0.25, -0.2) is 9.37 Å². The number of nitrogens with one attached hydrogen (secondary N) is 1. The van der Waals surface area contributed by atoms with Crippen molar-refractivity contribution in [1.82, 2.24) is 9.88 Å². The largest absolute Gasteiger partial charge is 0.481 e. The van der Waals surface area contributed by atoms with Crippen molar-refractivity contribution in [2.75, 3.05) is 26.0 Å². The second-order valence-corrected chi connectivity index (χ2v) is 8.39. The first-order valence-electron chi connectivity index (χ1n) is 9.68. The Hall–Kier alpha value is -2.47. The van der Waals surface area contributed by atoms with E-state index >= 15 is 0 Å². The Kier molecular flexibility index (Phi) is 4.62. The van der Waals surface area contributed by atoms with Crippen LogP contribution in [0, 0.1) is 5.82 Å². The van der Waals surface area contributed by atoms with E-state index in [0.29, 0.717) is 11.6 Å². The Labute approximate surface area is 164 Å². The number of anilines is 1. The summed E-state index contributed by atoms with van der Waals surface area (Å²) in [5.41, 5.74) is 3.87. The number of likely N-dealkylation sites (N-methyl/N-ethyl adjacent to an activating group) is 1. The topological polar surface area (TPSA) is 54.5 Å². The van der Waals surface area contributed by atoms with Crippen molar-refractivity contribution in [3.63, 3.8) is 0 Å². The molecule has 1 aliphatic heterocycles. The Balaban J connectivity index is 1.62. The molecule has 1 aromatic heterocycles. The van der Waals surface area contributed by atoms with Crippen LogP contribution in [0.5, 0.6) is 5.88 Å². The molecular formula is C22H26FN3O2. The van der Waals surface area contributed by atoms with Gasteiger partial charge in [0.1, 0.15) is 11.9 Å². The van der Waals surface area contributed by atoms with E-state index in [1.807, 2.05) is 24.1 Å². The van der Waals surface area contributed by atoms with Gasteiger partial charge < -0.3 is 10.1 Å². The lowest BCUT2D eigenvalue weighted by atomic mass is 9.86. The molecule has 148 valence electrons. The van der Waals surface area contributed by atoms with Gasteiger partial charge in [-0.15, -0.1) is 0 Å². The number of nitrogens with zero attached hydrogens (tertiary/aromatic N) is 2. The number of rotatable bonds is 3. The van der Waals surface area contributed by atoms with E-state index in [0.717, 1.165) is 48.2 Å². The average Bonchev–Trinajstić information content (AvgIpc) is 2.96. The van der Waals surface area contributed by atoms with Gasteiger partial charge in [0.2, 0.25) is 11.8 Å². The third-order valence-electron chi connectivity index (χ3n) is 6.01. The summed E-state index contributed by atoms with van der Waals surface area (Å²) in [6.45, 7) is 4.85. The molecule has 2 aliphatic rings. The summed E-state index contributed by atoms with van der Waals surface area (Å²) in [7, 11) is 3.50. The second kappa shape index (κ2) is 6.85. The van der Waals surface area contributed by atoms with Gasteiger partial charge in [0.25, 0.3) is 0 Å². The smallest absolute Gasteiger partial charge is 0.246 e. The number of amides is 1. The van der Waals surface area contributed by atoms with Crippen LogP contribution in [0.4, 0.5) is 10.1 Å². The van der Waals surface area contributed by atoms with Crippen LogP contribution in [-0.2, 0) is 23.1 Å². The minimum atomic E-state index is -0.463. The van der Waals surface area contributed by atoms with Crippen LogP contribution in [0.3, 0.4) is 0 Å². The highest BCUT2D eigenvalue weighted by Crippen LogP contribution is 2.41. The number of ether oxygens (including phenoxy) is 1. The number of hydrogen-bond donors (Lipinski definition) is 1. The predicted molar refractivity (Wildman–Crippen MR) is 106 cm³/mol. The zero-order valence-corrected chi connectivity index (χ0v) is 16.8. The third kappa shape index (κ3) is 3.15. The van der Waals surface area contributed by atoms with Crippen molar-refractivity contribution in [1.29, 1.82) is 0 Å². The number of benzene rings is 1. The first-order valence-corrected chi connectivity index (χ1v) is 9.68. The molecular weight excluding hydrogens is 357 g/mol. The average molecular weight is 383 g/mol. The predicted octanol–water partition coefficient (Wildman–Crippen LogP) is 3.62. The normalized spacial score (nSPS) is 20.4. The highest BCUT2D eigenvalue weighted by atomic mass is 19.1. The molecule has 1 unspecified atom stereocenters. The van der Waals surface area contributed by atoms with E-state index in [2.05, 4.69) is 24.1 Å². The Morgan fingerprint density at radius 2 is 2.11 bits per heavy atom. The van der Waals surface area contributed by atoms with Crippen LogP contribution in [0.25, 0.3) is 0 Å². The molecule has 5 nitrogen and oxygen atoms in total. The first-order chi connectivity index (χ1) is 13.3. The quantitative estimate of drug-likeness (QED) is 0.880. The van der Waals surface area contributed by atoms with E-state index in [9.17, 15) is 9.18 Å². The molecule has 1 N–H and O–H groups in total. The molecule has 0 spiro atoms. The van der Waals surface area contributed by atoms with Crippen LogP contribution in [0.2, 0.25) is 0 Å². The fraction of sp³-hybridized carbons (Fsp3) is 0.455. The molecule has 1 amide bonds. The van der Waals surface area contributed by atoms with Crippen LogP contribution >= 0.6 is 0 Å². The number of hydrogen-bond acceptors (Lipinski definition) is 4. The fourth-order valence-corrected chi connectivity index (χ4v) is 4.52. The maximum atomic E-state index is 14.8. The Morgan fingerprint density at radius 1 is 1.32 bits per heavy atom. The molecule has 0 bridgehead atoms. The first kappa shape index (κ1) is 18.9. The van der Waals surface area contributed by atoms with Crippen molar-refractivity contribution >= 4 is 11.6 Å². The molecule has 4 rings (SSSR count). The second-order valence-electron chi connectivity index (χ2n) is 8.39. The SMILES string of the molecule is COc1ccc2c(n1)CCN(C)C2C(=O)Nc1cc(F)c2c(c1)CCC2(C)C. The van der Waals surface area contributed by atoms with Crippen molar-refractivity contribution in [2.24, 2.45) is 0 Å². The van der Waals surface area contributed by atoms with Crippen LogP contribution in [-0.4, -0.2) is 36.5 Å². The highest BCUT2D eigenvalue weighted by Gasteiger charge is 2.35. The summed E-state index contributed by atoms with van der Waals surface area (Å²) in [6, 6.07) is 6.57. The van der Waals surface area contributed by atoms with Gasteiger partial charge >= 0.3 is 0 Å². The lowest BCUT2D eigenvalue weighted by Crippen LogP contribution is -2.40. The number of carbonyl (C=O) groups excluding carboxylic acids is 1. The number of fused-ring (bicyclic) bond motifs is 2. The number of methoxy groups -OCH3 is 1. The summed E-state index contributed by atoms with van der Waals surface area (Å²) in [6.07, 6.45) is 2.51. The number of halogens is 1. The number of aromatic nitrogens is 1. The molecule has 1 aromatic carbocycles. The van der Waals surface area contributed by atoms with Gasteiger partial charge in [-0.05, 0) is 54.6 Å². The van der Waals surface area contributed by atoms with Crippen molar-refractivity contribution in [2.45, 2.75) is 44.6 Å². The van der Waals surface area contributed by atoms with Crippen LogP contribution in [0.1, 0.15) is 48.7 Å². The lowest BCUT2D eigenvalue weighted by molar-refractivity contribution is -0.121. The maximum absolute atomic E-state index is 14.8. The Bertz CT molecular complexity index is 942. The zero-order valence-electron chi connectivity index (χ0n) is 16.8. The molecule has 28 heavy (non-hydrogen) atoms. The molecule has 2 aromatic rings. The monoisotopic (exact) mass is 383 g/mol. The van der Waals surface area contributed by atoms with E-state index in [-0.39, 0.29) is 17.1 Å². The lowest BCUT2D eigenvalue weighted by Gasteiger charge is -2.33. The molecule has 0 fully saturated rings. The fourth-order valence-electron chi connectivity index (χ4n) is 4.52. The summed E-state index contributed by atoms with van der Waals surface area (Å²) in [5, 5.41) is 2.93. The van der Waals surface area contributed by atoms with Crippen molar-refractivity contribution < 1.29 is 13.9 Å². The minimum Gasteiger partial charge on any atom is -0.481 e. The van der Waals surface area contributed by atoms with E-state index in [1.54, 1.807) is 13.2 Å². The maximum Gasteiger partial charge on any atom is 0.246 e. The molecule has 0 radical (unpaired) electrons. The number of pyridine rings is 1. The summed E-state index contributed by atoms with van der Waals surface area (Å²) in [5.74, 6) is 0.136. The summed E-state index contributed by atoms with van der Waals surface area (Å²) >= 11 is 0. The zero-order chi connectivity index (χ0) is 20.1. The molecule has 6 heteroatoms. The van der Waals surface area contributed by atoms with Gasteiger partial charge in [0.15, 0.2) is 0 Å². The summed E-state index contributed by atoms with van der Waals surface area (Å²) in [4.78, 5) is 19.6. The molecule has 1 aliphatic carbocycles. The number of aryl methyl sites for hydroxylation is 1. The van der Waals surface area contributed by atoms with Gasteiger partial charge in [0.05, 0.1) is 12.8 Å². The van der Waals surface area contributed by atoms with Gasteiger partial charge in [-0.2, -0.15) is 0 Å². The summed E-state index contributed by atoms with van der Waals surface area (Å²) < 4.78 is 20.0. The standard InChI is InChI=1S/C22H26FN3O2/c1-22(2)9-7-13-11-14(12-16(23)19(13)22)24-21(27)20-15-5-6-18(28-4)25-17(15)8-10-26(20)3/h5-6,11-12,20H,7-10H2,1-4H3,(H,24,27). The Morgan fingerprint density at radius 3 is 2.86 bits per heavy atom. The van der Waals surface area contributed by atoms with Gasteiger partial charge in [-0.1, -0.05) is 13.8 Å². The molecule has 2 heterocycles. The van der Waals surface area contributed by atoms with Crippen LogP contribution < -0.4 is 10.1 Å². The molecule has 1 atom stereocenters. The number of carbonyl (C=O) groups is 1. The van der Waals surface area contributed by atoms with Gasteiger partial charge in [0, 0.05) is 30.3 Å². The van der Waals surface area contributed by atoms with Gasteiger partial charge in [-0.3, -0.25) is 9.69 Å². The van der Waals surface area contributed by atoms with E-state index < -0.39 is 6.04 Å². The van der Waals surface area contributed by atoms with Crippen molar-refractivity contribution in [3.05, 3.63) is 52.5 Å². The van der Waals surface area contributed by atoms with E-state index in [4.69, 9.17) is 4.74 Å². The molecule has 0 saturated carbocycles. The third-order valence-corrected chi connectivity index (χ3v) is 6.01.